The van der Waals surface area contributed by atoms with Crippen LogP contribution in [0.1, 0.15) is 36.2 Å². The van der Waals surface area contributed by atoms with Gasteiger partial charge in [0.2, 0.25) is 0 Å². The molecule has 0 saturated heterocycles. The molecular formula is C18H22N4O2. The Morgan fingerprint density at radius 3 is 2.38 bits per heavy atom. The molecule has 1 atom stereocenters. The summed E-state index contributed by atoms with van der Waals surface area (Å²) in [7, 11) is 0. The van der Waals surface area contributed by atoms with Gasteiger partial charge in [0.25, 0.3) is 5.91 Å². The summed E-state index contributed by atoms with van der Waals surface area (Å²) in [5.41, 5.74) is 2.16. The number of hydrogen-bond donors (Lipinski definition) is 3. The highest BCUT2D eigenvalue weighted by atomic mass is 16.2. The van der Waals surface area contributed by atoms with Gasteiger partial charge in [-0.15, -0.1) is 0 Å². The van der Waals surface area contributed by atoms with Gasteiger partial charge in [0.05, 0.1) is 0 Å². The number of aromatic nitrogens is 1. The van der Waals surface area contributed by atoms with Crippen molar-refractivity contribution in [1.82, 2.24) is 15.6 Å². The van der Waals surface area contributed by atoms with E-state index in [1.807, 2.05) is 26.0 Å². The predicted octanol–water partition coefficient (Wildman–Crippen LogP) is 2.93. The number of urea groups is 1. The third-order valence-electron chi connectivity index (χ3n) is 3.60. The van der Waals surface area contributed by atoms with Crippen LogP contribution in [0.5, 0.6) is 0 Å². The summed E-state index contributed by atoms with van der Waals surface area (Å²) in [5.74, 6) is -0.113. The maximum atomic E-state index is 12.0. The van der Waals surface area contributed by atoms with E-state index >= 15 is 0 Å². The number of pyridine rings is 1. The van der Waals surface area contributed by atoms with Crippen LogP contribution in [0.4, 0.5) is 10.5 Å². The number of anilines is 1. The number of nitrogens with zero attached hydrogens (tertiary/aromatic N) is 1. The van der Waals surface area contributed by atoms with Crippen molar-refractivity contribution in [1.29, 1.82) is 0 Å². The second-order valence-corrected chi connectivity index (χ2v) is 5.52. The summed E-state index contributed by atoms with van der Waals surface area (Å²) >= 11 is 0. The molecule has 1 aromatic carbocycles. The molecule has 2 rings (SSSR count). The molecule has 126 valence electrons. The first-order chi connectivity index (χ1) is 11.6. The van der Waals surface area contributed by atoms with E-state index in [2.05, 4.69) is 20.9 Å². The molecule has 24 heavy (non-hydrogen) atoms. The smallest absolute Gasteiger partial charge is 0.319 e. The molecule has 3 amide bonds. The molecule has 6 heteroatoms. The SMILES string of the molecule is CC[C@@H](C)NC(=O)c1ccc(NC(=O)NCc2ccncc2)cc1. The molecule has 3 N–H and O–H groups in total. The molecule has 0 aliphatic rings. The van der Waals surface area contributed by atoms with Crippen molar-refractivity contribution in [3.63, 3.8) is 0 Å². The van der Waals surface area contributed by atoms with Gasteiger partial charge in [0.15, 0.2) is 0 Å². The largest absolute Gasteiger partial charge is 0.350 e. The maximum absolute atomic E-state index is 12.0. The lowest BCUT2D eigenvalue weighted by atomic mass is 10.1. The number of benzene rings is 1. The summed E-state index contributed by atoms with van der Waals surface area (Å²) in [6.07, 6.45) is 4.24. The predicted molar refractivity (Wildman–Crippen MR) is 93.8 cm³/mol. The number of amides is 3. The van der Waals surface area contributed by atoms with E-state index in [0.29, 0.717) is 17.8 Å². The Hall–Kier alpha value is -2.89. The van der Waals surface area contributed by atoms with Gasteiger partial charge in [0.1, 0.15) is 0 Å². The van der Waals surface area contributed by atoms with Gasteiger partial charge in [-0.1, -0.05) is 6.92 Å². The van der Waals surface area contributed by atoms with E-state index in [-0.39, 0.29) is 18.0 Å². The highest BCUT2D eigenvalue weighted by Gasteiger charge is 2.08. The topological polar surface area (TPSA) is 83.1 Å². The first-order valence-corrected chi connectivity index (χ1v) is 7.93. The fourth-order valence-electron chi connectivity index (χ4n) is 1.97. The first kappa shape index (κ1) is 17.5. The minimum atomic E-state index is -0.302. The fraction of sp³-hybridized carbons (Fsp3) is 0.278. The molecule has 1 heterocycles. The van der Waals surface area contributed by atoms with Gasteiger partial charge in [-0.2, -0.15) is 0 Å². The van der Waals surface area contributed by atoms with Gasteiger partial charge in [-0.3, -0.25) is 9.78 Å². The van der Waals surface area contributed by atoms with E-state index in [4.69, 9.17) is 0 Å². The Bertz CT molecular complexity index is 671. The zero-order chi connectivity index (χ0) is 17.4. The van der Waals surface area contributed by atoms with E-state index in [0.717, 1.165) is 12.0 Å². The van der Waals surface area contributed by atoms with Crippen molar-refractivity contribution in [2.24, 2.45) is 0 Å². The number of carbonyl (C=O) groups excluding carboxylic acids is 2. The van der Waals surface area contributed by atoms with Crippen LogP contribution >= 0.6 is 0 Å². The number of nitrogens with one attached hydrogen (secondary N) is 3. The van der Waals surface area contributed by atoms with Crippen molar-refractivity contribution in [2.45, 2.75) is 32.9 Å². The minimum Gasteiger partial charge on any atom is -0.350 e. The fourth-order valence-corrected chi connectivity index (χ4v) is 1.97. The average Bonchev–Trinajstić information content (AvgIpc) is 2.61. The highest BCUT2D eigenvalue weighted by Crippen LogP contribution is 2.10. The van der Waals surface area contributed by atoms with E-state index in [9.17, 15) is 9.59 Å². The zero-order valence-corrected chi connectivity index (χ0v) is 13.9. The van der Waals surface area contributed by atoms with E-state index in [1.165, 1.54) is 0 Å². The normalized spacial score (nSPS) is 11.4. The van der Waals surface area contributed by atoms with E-state index < -0.39 is 0 Å². The van der Waals surface area contributed by atoms with Crippen LogP contribution in [0.15, 0.2) is 48.8 Å². The molecule has 6 nitrogen and oxygen atoms in total. The molecule has 0 aliphatic heterocycles. The quantitative estimate of drug-likeness (QED) is 0.763. The van der Waals surface area contributed by atoms with Gasteiger partial charge < -0.3 is 16.0 Å². The molecular weight excluding hydrogens is 304 g/mol. The lowest BCUT2D eigenvalue weighted by molar-refractivity contribution is 0.0939. The minimum absolute atomic E-state index is 0.113. The Labute approximate surface area is 141 Å². The Kier molecular flexibility index (Phi) is 6.31. The summed E-state index contributed by atoms with van der Waals surface area (Å²) in [6, 6.07) is 10.3. The van der Waals surface area contributed by atoms with E-state index in [1.54, 1.807) is 36.7 Å². The summed E-state index contributed by atoms with van der Waals surface area (Å²) in [4.78, 5) is 27.8. The molecule has 0 bridgehead atoms. The molecule has 0 radical (unpaired) electrons. The Morgan fingerprint density at radius 1 is 1.08 bits per heavy atom. The molecule has 0 spiro atoms. The van der Waals surface area contributed by atoms with Gasteiger partial charge >= 0.3 is 6.03 Å². The number of rotatable bonds is 6. The Morgan fingerprint density at radius 2 is 1.75 bits per heavy atom. The van der Waals surface area contributed by atoms with Crippen molar-refractivity contribution in [2.75, 3.05) is 5.32 Å². The number of carbonyl (C=O) groups is 2. The second kappa shape index (κ2) is 8.67. The highest BCUT2D eigenvalue weighted by molar-refractivity contribution is 5.95. The molecule has 2 aromatic rings. The van der Waals surface area contributed by atoms with Crippen LogP contribution < -0.4 is 16.0 Å². The Balaban J connectivity index is 1.84. The van der Waals surface area contributed by atoms with Crippen molar-refractivity contribution in [3.8, 4) is 0 Å². The maximum Gasteiger partial charge on any atom is 0.319 e. The van der Waals surface area contributed by atoms with Crippen LogP contribution in [0.3, 0.4) is 0 Å². The van der Waals surface area contributed by atoms with Crippen LogP contribution in [-0.2, 0) is 6.54 Å². The van der Waals surface area contributed by atoms with Crippen LogP contribution in [0, 0.1) is 0 Å². The summed E-state index contributed by atoms with van der Waals surface area (Å²) < 4.78 is 0. The van der Waals surface area contributed by atoms with Crippen molar-refractivity contribution >= 4 is 17.6 Å². The number of hydrogen-bond acceptors (Lipinski definition) is 3. The third kappa shape index (κ3) is 5.39. The van der Waals surface area contributed by atoms with Crippen molar-refractivity contribution in [3.05, 3.63) is 59.9 Å². The molecule has 0 saturated carbocycles. The van der Waals surface area contributed by atoms with Crippen molar-refractivity contribution < 1.29 is 9.59 Å². The molecule has 1 aromatic heterocycles. The van der Waals surface area contributed by atoms with Crippen LogP contribution in [0.2, 0.25) is 0 Å². The van der Waals surface area contributed by atoms with Gasteiger partial charge in [-0.05, 0) is 55.3 Å². The lowest BCUT2D eigenvalue weighted by Gasteiger charge is -2.12. The monoisotopic (exact) mass is 326 g/mol. The molecule has 0 unspecified atom stereocenters. The summed E-state index contributed by atoms with van der Waals surface area (Å²) in [6.45, 7) is 4.40. The average molecular weight is 326 g/mol. The second-order valence-electron chi connectivity index (χ2n) is 5.52. The zero-order valence-electron chi connectivity index (χ0n) is 13.9. The van der Waals surface area contributed by atoms with Crippen LogP contribution in [0.25, 0.3) is 0 Å². The van der Waals surface area contributed by atoms with Gasteiger partial charge in [-0.25, -0.2) is 4.79 Å². The lowest BCUT2D eigenvalue weighted by Crippen LogP contribution is -2.32. The standard InChI is InChI=1S/C18H22N4O2/c1-3-13(2)21-17(23)15-4-6-16(7-5-15)22-18(24)20-12-14-8-10-19-11-9-14/h4-11,13H,3,12H2,1-2H3,(H,21,23)(H2,20,22,24)/t13-/m1/s1. The molecule has 0 fully saturated rings. The third-order valence-corrected chi connectivity index (χ3v) is 3.60. The first-order valence-electron chi connectivity index (χ1n) is 7.93. The van der Waals surface area contributed by atoms with Gasteiger partial charge in [0, 0.05) is 36.2 Å². The van der Waals surface area contributed by atoms with Crippen LogP contribution in [-0.4, -0.2) is 23.0 Å². The molecule has 0 aliphatic carbocycles. The summed E-state index contributed by atoms with van der Waals surface area (Å²) in [5, 5.41) is 8.40.